The van der Waals surface area contributed by atoms with Gasteiger partial charge in [0.1, 0.15) is 0 Å². The lowest BCUT2D eigenvalue weighted by Crippen LogP contribution is -2.28. The summed E-state index contributed by atoms with van der Waals surface area (Å²) in [5.74, 6) is 0.486. The summed E-state index contributed by atoms with van der Waals surface area (Å²) in [5, 5.41) is 4.01. The standard InChI is InChI=1S/C21H20ClN3O2S/c1-14-18(11-19(26)23-12-15-7-9-17(22)10-8-15)20(27)25-21(24-14)28-13-16-5-3-2-4-6-16/h2-10H,11-13H2,1H3,(H,23,26)(H,24,25,27). The maximum absolute atomic E-state index is 12.4. The molecule has 0 bridgehead atoms. The summed E-state index contributed by atoms with van der Waals surface area (Å²) in [5.41, 5.74) is 2.77. The summed E-state index contributed by atoms with van der Waals surface area (Å²) in [6.45, 7) is 2.13. The Bertz CT molecular complexity index is 1000. The number of thioether (sulfide) groups is 1. The minimum atomic E-state index is -0.273. The summed E-state index contributed by atoms with van der Waals surface area (Å²) in [6.07, 6.45) is -0.00854. The Hall–Kier alpha value is -2.57. The van der Waals surface area contributed by atoms with Crippen LogP contribution in [0.1, 0.15) is 22.4 Å². The number of carbonyl (C=O) groups excluding carboxylic acids is 1. The Labute approximate surface area is 172 Å². The van der Waals surface area contributed by atoms with E-state index < -0.39 is 0 Å². The summed E-state index contributed by atoms with van der Waals surface area (Å²) < 4.78 is 0. The van der Waals surface area contributed by atoms with E-state index in [0.29, 0.717) is 33.7 Å². The van der Waals surface area contributed by atoms with Crippen molar-refractivity contribution in [2.24, 2.45) is 0 Å². The lowest BCUT2D eigenvalue weighted by atomic mass is 10.1. The zero-order valence-electron chi connectivity index (χ0n) is 15.4. The van der Waals surface area contributed by atoms with Crippen LogP contribution in [0.2, 0.25) is 5.02 Å². The summed E-state index contributed by atoms with van der Waals surface area (Å²) in [4.78, 5) is 31.9. The minimum absolute atomic E-state index is 0.00854. The summed E-state index contributed by atoms with van der Waals surface area (Å²) in [6, 6.07) is 17.2. The average molecular weight is 414 g/mol. The minimum Gasteiger partial charge on any atom is -0.352 e. The number of aryl methyl sites for hydroxylation is 1. The highest BCUT2D eigenvalue weighted by molar-refractivity contribution is 7.98. The van der Waals surface area contributed by atoms with Crippen molar-refractivity contribution >= 4 is 29.3 Å². The van der Waals surface area contributed by atoms with Crippen molar-refractivity contribution in [3.8, 4) is 0 Å². The molecule has 0 fully saturated rings. The van der Waals surface area contributed by atoms with Crippen LogP contribution in [0.4, 0.5) is 0 Å². The molecule has 5 nitrogen and oxygen atoms in total. The fourth-order valence-electron chi connectivity index (χ4n) is 2.61. The maximum atomic E-state index is 12.4. The van der Waals surface area contributed by atoms with Gasteiger partial charge in [-0.25, -0.2) is 4.98 Å². The smallest absolute Gasteiger partial charge is 0.255 e. The molecule has 2 N–H and O–H groups in total. The van der Waals surface area contributed by atoms with E-state index in [2.05, 4.69) is 15.3 Å². The van der Waals surface area contributed by atoms with Crippen molar-refractivity contribution in [3.05, 3.63) is 92.4 Å². The van der Waals surface area contributed by atoms with E-state index in [-0.39, 0.29) is 17.9 Å². The molecule has 0 saturated carbocycles. The number of aromatic nitrogens is 2. The second kappa shape index (κ2) is 9.57. The highest BCUT2D eigenvalue weighted by Crippen LogP contribution is 2.18. The van der Waals surface area contributed by atoms with Gasteiger partial charge in [-0.1, -0.05) is 65.8 Å². The van der Waals surface area contributed by atoms with Crippen LogP contribution in [0.5, 0.6) is 0 Å². The lowest BCUT2D eigenvalue weighted by Gasteiger charge is -2.08. The molecule has 2 aromatic carbocycles. The van der Waals surface area contributed by atoms with Gasteiger partial charge in [-0.3, -0.25) is 9.59 Å². The molecule has 7 heteroatoms. The molecule has 0 aliphatic carbocycles. The number of aromatic amines is 1. The molecule has 0 radical (unpaired) electrons. The molecule has 0 aliphatic heterocycles. The first kappa shape index (κ1) is 20.2. The quantitative estimate of drug-likeness (QED) is 0.455. The second-order valence-electron chi connectivity index (χ2n) is 6.29. The van der Waals surface area contributed by atoms with Gasteiger partial charge in [0, 0.05) is 28.6 Å². The Morgan fingerprint density at radius 1 is 1.11 bits per heavy atom. The molecule has 0 unspecified atom stereocenters. The van der Waals surface area contributed by atoms with Gasteiger partial charge < -0.3 is 10.3 Å². The monoisotopic (exact) mass is 413 g/mol. The molecule has 0 atom stereocenters. The Kier molecular flexibility index (Phi) is 6.90. The number of rotatable bonds is 7. The van der Waals surface area contributed by atoms with Crippen LogP contribution in [0, 0.1) is 6.92 Å². The first-order chi connectivity index (χ1) is 13.5. The number of hydrogen-bond donors (Lipinski definition) is 2. The van der Waals surface area contributed by atoms with Gasteiger partial charge in [-0.2, -0.15) is 0 Å². The molecular weight excluding hydrogens is 394 g/mol. The van der Waals surface area contributed by atoms with Gasteiger partial charge in [-0.05, 0) is 30.2 Å². The average Bonchev–Trinajstić information content (AvgIpc) is 2.69. The number of amides is 1. The number of carbonyl (C=O) groups is 1. The molecule has 144 valence electrons. The highest BCUT2D eigenvalue weighted by atomic mass is 35.5. The van der Waals surface area contributed by atoms with Crippen LogP contribution in [0.3, 0.4) is 0 Å². The summed E-state index contributed by atoms with van der Waals surface area (Å²) in [7, 11) is 0. The molecule has 0 aliphatic rings. The third-order valence-corrected chi connectivity index (χ3v) is 5.36. The van der Waals surface area contributed by atoms with E-state index in [4.69, 9.17) is 11.6 Å². The van der Waals surface area contributed by atoms with Gasteiger partial charge >= 0.3 is 0 Å². The normalized spacial score (nSPS) is 10.6. The molecule has 28 heavy (non-hydrogen) atoms. The van der Waals surface area contributed by atoms with E-state index in [1.54, 1.807) is 19.1 Å². The number of hydrogen-bond acceptors (Lipinski definition) is 4. The van der Waals surface area contributed by atoms with E-state index in [0.717, 1.165) is 11.1 Å². The van der Waals surface area contributed by atoms with E-state index in [9.17, 15) is 9.59 Å². The molecule has 1 amide bonds. The predicted molar refractivity (Wildman–Crippen MR) is 113 cm³/mol. The third kappa shape index (κ3) is 5.71. The second-order valence-corrected chi connectivity index (χ2v) is 7.69. The molecule has 0 saturated heterocycles. The van der Waals surface area contributed by atoms with Crippen molar-refractivity contribution in [2.45, 2.75) is 30.8 Å². The molecule has 3 aromatic rings. The fraction of sp³-hybridized carbons (Fsp3) is 0.190. The Balaban J connectivity index is 1.59. The van der Waals surface area contributed by atoms with Crippen LogP contribution < -0.4 is 10.9 Å². The Morgan fingerprint density at radius 3 is 2.50 bits per heavy atom. The van der Waals surface area contributed by atoms with Crippen molar-refractivity contribution in [1.82, 2.24) is 15.3 Å². The topological polar surface area (TPSA) is 74.8 Å². The summed E-state index contributed by atoms with van der Waals surface area (Å²) >= 11 is 7.31. The highest BCUT2D eigenvalue weighted by Gasteiger charge is 2.13. The molecular formula is C21H20ClN3O2S. The molecule has 0 spiro atoms. The number of nitrogens with one attached hydrogen (secondary N) is 2. The zero-order valence-corrected chi connectivity index (χ0v) is 16.9. The van der Waals surface area contributed by atoms with Gasteiger partial charge in [0.25, 0.3) is 5.56 Å². The number of nitrogens with zero attached hydrogens (tertiary/aromatic N) is 1. The SMILES string of the molecule is Cc1nc(SCc2ccccc2)[nH]c(=O)c1CC(=O)NCc1ccc(Cl)cc1. The largest absolute Gasteiger partial charge is 0.352 e. The van der Waals surface area contributed by atoms with Crippen molar-refractivity contribution in [1.29, 1.82) is 0 Å². The van der Waals surface area contributed by atoms with Gasteiger partial charge in [0.05, 0.1) is 6.42 Å². The lowest BCUT2D eigenvalue weighted by molar-refractivity contribution is -0.120. The molecule has 1 aromatic heterocycles. The molecule has 3 rings (SSSR count). The van der Waals surface area contributed by atoms with Gasteiger partial charge in [0.2, 0.25) is 5.91 Å². The van der Waals surface area contributed by atoms with Gasteiger partial charge in [0.15, 0.2) is 5.16 Å². The fourth-order valence-corrected chi connectivity index (χ4v) is 3.60. The number of H-pyrrole nitrogens is 1. The van der Waals surface area contributed by atoms with Crippen molar-refractivity contribution < 1.29 is 4.79 Å². The molecule has 1 heterocycles. The number of halogens is 1. The first-order valence-electron chi connectivity index (χ1n) is 8.79. The van der Waals surface area contributed by atoms with Crippen molar-refractivity contribution in [2.75, 3.05) is 0 Å². The van der Waals surface area contributed by atoms with Crippen LogP contribution in [-0.4, -0.2) is 15.9 Å². The van der Waals surface area contributed by atoms with Crippen molar-refractivity contribution in [3.63, 3.8) is 0 Å². The third-order valence-electron chi connectivity index (χ3n) is 4.16. The van der Waals surface area contributed by atoms with Crippen LogP contribution >= 0.6 is 23.4 Å². The Morgan fingerprint density at radius 2 is 1.82 bits per heavy atom. The van der Waals surface area contributed by atoms with Gasteiger partial charge in [-0.15, -0.1) is 0 Å². The maximum Gasteiger partial charge on any atom is 0.255 e. The van der Waals surface area contributed by atoms with Crippen LogP contribution in [0.15, 0.2) is 64.5 Å². The number of benzene rings is 2. The first-order valence-corrected chi connectivity index (χ1v) is 10.2. The van der Waals surface area contributed by atoms with E-state index >= 15 is 0 Å². The predicted octanol–water partition coefficient (Wildman–Crippen LogP) is 3.88. The van der Waals surface area contributed by atoms with E-state index in [1.807, 2.05) is 42.5 Å². The van der Waals surface area contributed by atoms with Crippen LogP contribution in [-0.2, 0) is 23.5 Å². The zero-order chi connectivity index (χ0) is 19.9. The van der Waals surface area contributed by atoms with Crippen LogP contribution in [0.25, 0.3) is 0 Å². The van der Waals surface area contributed by atoms with E-state index in [1.165, 1.54) is 11.8 Å².